The van der Waals surface area contributed by atoms with Crippen molar-refractivity contribution < 1.29 is 27.9 Å². The van der Waals surface area contributed by atoms with E-state index in [-0.39, 0.29) is 37.8 Å². The molecule has 1 aliphatic heterocycles. The van der Waals surface area contributed by atoms with Crippen molar-refractivity contribution in [2.45, 2.75) is 37.8 Å². The zero-order chi connectivity index (χ0) is 18.9. The van der Waals surface area contributed by atoms with Gasteiger partial charge in [0.1, 0.15) is 0 Å². The molecule has 0 aromatic heterocycles. The first-order valence-corrected chi connectivity index (χ1v) is 8.90. The molecule has 1 saturated heterocycles. The van der Waals surface area contributed by atoms with Crippen molar-refractivity contribution in [1.82, 2.24) is 4.90 Å². The van der Waals surface area contributed by atoms with Gasteiger partial charge in [-0.3, -0.25) is 9.59 Å². The van der Waals surface area contributed by atoms with Crippen LogP contribution < -0.4 is 0 Å². The van der Waals surface area contributed by atoms with E-state index in [1.54, 1.807) is 0 Å². The van der Waals surface area contributed by atoms with Crippen LogP contribution in [0.25, 0.3) is 0 Å². The number of likely N-dealkylation sites (tertiary alicyclic amines) is 1. The maximum Gasteiger partial charge on any atom is 0.391 e. The Kier molecular flexibility index (Phi) is 5.25. The highest BCUT2D eigenvalue weighted by atomic mass is 19.4. The fourth-order valence-electron chi connectivity index (χ4n) is 4.24. The van der Waals surface area contributed by atoms with Crippen molar-refractivity contribution in [3.8, 4) is 0 Å². The van der Waals surface area contributed by atoms with Gasteiger partial charge in [0.15, 0.2) is 0 Å². The number of carboxylic acid groups (broad SMARTS) is 1. The molecule has 7 heteroatoms. The summed E-state index contributed by atoms with van der Waals surface area (Å²) in [7, 11) is 0. The van der Waals surface area contributed by atoms with Gasteiger partial charge in [-0.15, -0.1) is 0 Å². The van der Waals surface area contributed by atoms with Gasteiger partial charge < -0.3 is 10.0 Å². The van der Waals surface area contributed by atoms with E-state index in [2.05, 4.69) is 0 Å². The molecule has 4 atom stereocenters. The van der Waals surface area contributed by atoms with Gasteiger partial charge in [-0.2, -0.15) is 13.2 Å². The third kappa shape index (κ3) is 3.86. The Morgan fingerprint density at radius 3 is 2.38 bits per heavy atom. The highest BCUT2D eigenvalue weighted by Gasteiger charge is 2.46. The molecule has 0 radical (unpaired) electrons. The van der Waals surface area contributed by atoms with Crippen molar-refractivity contribution in [2.75, 3.05) is 13.1 Å². The summed E-state index contributed by atoms with van der Waals surface area (Å²) >= 11 is 0. The Hall–Kier alpha value is -2.05. The van der Waals surface area contributed by atoms with Crippen molar-refractivity contribution in [3.05, 3.63) is 35.9 Å². The van der Waals surface area contributed by atoms with E-state index in [1.807, 2.05) is 30.3 Å². The molecule has 0 bridgehead atoms. The van der Waals surface area contributed by atoms with Crippen molar-refractivity contribution in [1.29, 1.82) is 0 Å². The second-order valence-electron chi connectivity index (χ2n) is 7.31. The van der Waals surface area contributed by atoms with Crippen LogP contribution in [0.15, 0.2) is 30.3 Å². The van der Waals surface area contributed by atoms with E-state index < -0.39 is 29.9 Å². The van der Waals surface area contributed by atoms with E-state index in [4.69, 9.17) is 0 Å². The number of amides is 1. The second kappa shape index (κ2) is 7.29. The van der Waals surface area contributed by atoms with Crippen LogP contribution in [0, 0.1) is 17.8 Å². The van der Waals surface area contributed by atoms with Crippen LogP contribution in [0.5, 0.6) is 0 Å². The topological polar surface area (TPSA) is 57.6 Å². The van der Waals surface area contributed by atoms with E-state index >= 15 is 0 Å². The minimum atomic E-state index is -4.28. The number of carboxylic acids is 1. The summed E-state index contributed by atoms with van der Waals surface area (Å²) in [5, 5.41) is 9.52. The molecule has 2 fully saturated rings. The monoisotopic (exact) mass is 369 g/mol. The lowest BCUT2D eigenvalue weighted by molar-refractivity contribution is -0.187. The molecule has 2 aliphatic rings. The standard InChI is InChI=1S/C19H22F3NO3/c20-19(21,22)14-8-4-7-13(9-14)17(24)23-10-15(16(11-23)18(25)26)12-5-2-1-3-6-12/h1-3,5-6,13-16H,4,7-11H2,(H,25,26)/t13?,14?,15-,16-/m1/s1. The van der Waals surface area contributed by atoms with Crippen molar-refractivity contribution in [3.63, 3.8) is 0 Å². The van der Waals surface area contributed by atoms with Crippen LogP contribution in [-0.2, 0) is 9.59 Å². The SMILES string of the molecule is O=C(O)[C@@H]1CN(C(=O)C2CCCC(C(F)(F)F)C2)C[C@@H]1c1ccccc1. The zero-order valence-corrected chi connectivity index (χ0v) is 14.3. The van der Waals surface area contributed by atoms with Gasteiger partial charge in [-0.25, -0.2) is 0 Å². The smallest absolute Gasteiger partial charge is 0.391 e. The van der Waals surface area contributed by atoms with Gasteiger partial charge >= 0.3 is 12.1 Å². The molecule has 142 valence electrons. The molecule has 3 rings (SSSR count). The van der Waals surface area contributed by atoms with Gasteiger partial charge in [-0.1, -0.05) is 36.8 Å². The number of rotatable bonds is 3. The third-order valence-electron chi connectivity index (χ3n) is 5.66. The number of hydrogen-bond donors (Lipinski definition) is 1. The molecule has 1 aliphatic carbocycles. The fourth-order valence-corrected chi connectivity index (χ4v) is 4.24. The summed E-state index contributed by atoms with van der Waals surface area (Å²) < 4.78 is 39.0. The summed E-state index contributed by atoms with van der Waals surface area (Å²) in [5.74, 6) is -4.48. The Balaban J connectivity index is 1.73. The molecule has 1 heterocycles. The number of hydrogen-bond acceptors (Lipinski definition) is 2. The number of carbonyl (C=O) groups is 2. The van der Waals surface area contributed by atoms with Crippen molar-refractivity contribution >= 4 is 11.9 Å². The summed E-state index contributed by atoms with van der Waals surface area (Å²) in [6, 6.07) is 9.11. The molecule has 1 saturated carbocycles. The minimum Gasteiger partial charge on any atom is -0.481 e. The lowest BCUT2D eigenvalue weighted by Gasteiger charge is -2.32. The van der Waals surface area contributed by atoms with Gasteiger partial charge in [0, 0.05) is 24.9 Å². The minimum absolute atomic E-state index is 0.0565. The van der Waals surface area contributed by atoms with E-state index in [9.17, 15) is 27.9 Å². The highest BCUT2D eigenvalue weighted by Crippen LogP contribution is 2.41. The molecular formula is C19H22F3NO3. The Bertz CT molecular complexity index is 662. The molecule has 2 unspecified atom stereocenters. The Morgan fingerprint density at radius 1 is 1.08 bits per heavy atom. The van der Waals surface area contributed by atoms with Crippen LogP contribution >= 0.6 is 0 Å². The van der Waals surface area contributed by atoms with Crippen LogP contribution in [0.4, 0.5) is 13.2 Å². The Labute approximate surface area is 150 Å². The maximum atomic E-state index is 13.0. The first kappa shape index (κ1) is 18.7. The van der Waals surface area contributed by atoms with Crippen LogP contribution in [0.3, 0.4) is 0 Å². The number of nitrogens with zero attached hydrogens (tertiary/aromatic N) is 1. The lowest BCUT2D eigenvalue weighted by atomic mass is 9.80. The lowest BCUT2D eigenvalue weighted by Crippen LogP contribution is -2.39. The van der Waals surface area contributed by atoms with Crippen molar-refractivity contribution in [2.24, 2.45) is 17.8 Å². The van der Waals surface area contributed by atoms with E-state index in [1.165, 1.54) is 4.90 Å². The maximum absolute atomic E-state index is 13.0. The van der Waals surface area contributed by atoms with Crippen LogP contribution in [-0.4, -0.2) is 41.1 Å². The normalized spacial score (nSPS) is 29.6. The number of aliphatic carboxylic acids is 1. The number of carbonyl (C=O) groups excluding carboxylic acids is 1. The molecule has 1 aromatic carbocycles. The predicted molar refractivity (Wildman–Crippen MR) is 88.4 cm³/mol. The largest absolute Gasteiger partial charge is 0.481 e. The van der Waals surface area contributed by atoms with Crippen LogP contribution in [0.1, 0.15) is 37.2 Å². The molecule has 4 nitrogen and oxygen atoms in total. The summed E-state index contributed by atoms with van der Waals surface area (Å²) in [5.41, 5.74) is 0.840. The number of benzene rings is 1. The Morgan fingerprint density at radius 2 is 1.77 bits per heavy atom. The number of alkyl halides is 3. The second-order valence-corrected chi connectivity index (χ2v) is 7.31. The quantitative estimate of drug-likeness (QED) is 0.884. The van der Waals surface area contributed by atoms with E-state index in [0.29, 0.717) is 12.8 Å². The fraction of sp³-hybridized carbons (Fsp3) is 0.579. The highest BCUT2D eigenvalue weighted by molar-refractivity contribution is 5.81. The van der Waals surface area contributed by atoms with Gasteiger partial charge in [0.2, 0.25) is 5.91 Å². The van der Waals surface area contributed by atoms with Gasteiger partial charge in [0.25, 0.3) is 0 Å². The first-order valence-electron chi connectivity index (χ1n) is 8.90. The van der Waals surface area contributed by atoms with Gasteiger partial charge in [0.05, 0.1) is 11.8 Å². The predicted octanol–water partition coefficient (Wildman–Crippen LogP) is 3.68. The number of halogens is 3. The molecule has 1 aromatic rings. The third-order valence-corrected chi connectivity index (χ3v) is 5.66. The average Bonchev–Trinajstić information content (AvgIpc) is 3.07. The van der Waals surface area contributed by atoms with Crippen LogP contribution in [0.2, 0.25) is 0 Å². The first-order chi connectivity index (χ1) is 12.3. The molecule has 26 heavy (non-hydrogen) atoms. The molecular weight excluding hydrogens is 347 g/mol. The summed E-state index contributed by atoms with van der Waals surface area (Å²) in [6.45, 7) is 0.300. The summed E-state index contributed by atoms with van der Waals surface area (Å²) in [6.07, 6.45) is -3.58. The molecule has 1 amide bonds. The summed E-state index contributed by atoms with van der Waals surface area (Å²) in [4.78, 5) is 25.9. The average molecular weight is 369 g/mol. The zero-order valence-electron chi connectivity index (χ0n) is 14.3. The molecule has 0 spiro atoms. The van der Waals surface area contributed by atoms with E-state index in [0.717, 1.165) is 5.56 Å². The molecule has 1 N–H and O–H groups in total. The van der Waals surface area contributed by atoms with Gasteiger partial charge in [-0.05, 0) is 24.8 Å².